The van der Waals surface area contributed by atoms with Crippen LogP contribution in [0.25, 0.3) is 0 Å². The molecular weight excluding hydrogens is 386 g/mol. The van der Waals surface area contributed by atoms with E-state index in [1.165, 1.54) is 17.3 Å². The predicted octanol–water partition coefficient (Wildman–Crippen LogP) is 2.71. The van der Waals surface area contributed by atoms with Gasteiger partial charge in [0, 0.05) is 38.4 Å². The van der Waals surface area contributed by atoms with E-state index >= 15 is 0 Å². The molecule has 0 atom stereocenters. The lowest BCUT2D eigenvalue weighted by atomic mass is 10.2. The number of benzene rings is 2. The molecule has 0 unspecified atom stereocenters. The number of ether oxygens (including phenoxy) is 1. The zero-order valence-corrected chi connectivity index (χ0v) is 17.5. The molecule has 1 fully saturated rings. The average molecular weight is 414 g/mol. The molecule has 1 saturated heterocycles. The molecule has 2 aromatic carbocycles. The van der Waals surface area contributed by atoms with E-state index in [0.717, 1.165) is 44.2 Å². The Morgan fingerprint density at radius 2 is 1.66 bits per heavy atom. The molecule has 1 N–H and O–H groups in total. The van der Waals surface area contributed by atoms with Gasteiger partial charge in [-0.15, -0.1) is 11.8 Å². The van der Waals surface area contributed by atoms with Crippen LogP contribution < -0.4 is 10.1 Å². The number of nitrogens with zero attached hydrogens (tertiary/aromatic N) is 2. The molecule has 29 heavy (non-hydrogen) atoms. The standard InChI is InChI=1S/C22H27N3O3S/c1-28-20-9-7-19(8-10-20)23-21(26)16-29-17-22(27)25-13-11-24(12-14-25)15-18-5-3-2-4-6-18/h2-10H,11-17H2,1H3,(H,23,26). The molecule has 2 aromatic rings. The number of carbonyl (C=O) groups is 2. The smallest absolute Gasteiger partial charge is 0.234 e. The number of anilines is 1. The molecule has 1 heterocycles. The van der Waals surface area contributed by atoms with E-state index in [-0.39, 0.29) is 17.6 Å². The normalized spacial score (nSPS) is 14.4. The molecule has 154 valence electrons. The first-order valence-electron chi connectivity index (χ1n) is 9.70. The van der Waals surface area contributed by atoms with Crippen molar-refractivity contribution in [2.45, 2.75) is 6.54 Å². The summed E-state index contributed by atoms with van der Waals surface area (Å²) in [4.78, 5) is 28.7. The minimum Gasteiger partial charge on any atom is -0.497 e. The van der Waals surface area contributed by atoms with Crippen LogP contribution in [0.1, 0.15) is 5.56 Å². The molecule has 3 rings (SSSR count). The summed E-state index contributed by atoms with van der Waals surface area (Å²) in [5.74, 6) is 1.32. The van der Waals surface area contributed by atoms with E-state index in [1.807, 2.05) is 11.0 Å². The van der Waals surface area contributed by atoms with Gasteiger partial charge in [-0.1, -0.05) is 30.3 Å². The predicted molar refractivity (Wildman–Crippen MR) is 117 cm³/mol. The van der Waals surface area contributed by atoms with Crippen molar-refractivity contribution < 1.29 is 14.3 Å². The van der Waals surface area contributed by atoms with Crippen molar-refractivity contribution in [2.24, 2.45) is 0 Å². The Balaban J connectivity index is 1.33. The Morgan fingerprint density at radius 3 is 2.31 bits per heavy atom. The third kappa shape index (κ3) is 6.80. The van der Waals surface area contributed by atoms with Gasteiger partial charge in [-0.2, -0.15) is 0 Å². The maximum absolute atomic E-state index is 12.4. The van der Waals surface area contributed by atoms with Crippen molar-refractivity contribution in [1.29, 1.82) is 0 Å². The number of piperazine rings is 1. The largest absolute Gasteiger partial charge is 0.497 e. The average Bonchev–Trinajstić information content (AvgIpc) is 2.75. The number of hydrogen-bond donors (Lipinski definition) is 1. The van der Waals surface area contributed by atoms with Gasteiger partial charge in [0.1, 0.15) is 5.75 Å². The van der Waals surface area contributed by atoms with E-state index in [0.29, 0.717) is 5.75 Å². The van der Waals surface area contributed by atoms with Gasteiger partial charge in [0.05, 0.1) is 18.6 Å². The summed E-state index contributed by atoms with van der Waals surface area (Å²) in [6, 6.07) is 17.6. The Bertz CT molecular complexity index is 791. The molecular formula is C22H27N3O3S. The van der Waals surface area contributed by atoms with E-state index in [9.17, 15) is 9.59 Å². The third-order valence-corrected chi connectivity index (χ3v) is 5.72. The Hall–Kier alpha value is -2.51. The lowest BCUT2D eigenvalue weighted by molar-refractivity contribution is -0.130. The minimum absolute atomic E-state index is 0.103. The quantitative estimate of drug-likeness (QED) is 0.721. The summed E-state index contributed by atoms with van der Waals surface area (Å²) in [5, 5.41) is 2.83. The van der Waals surface area contributed by atoms with Crippen molar-refractivity contribution in [1.82, 2.24) is 9.80 Å². The van der Waals surface area contributed by atoms with E-state index in [2.05, 4.69) is 34.5 Å². The maximum Gasteiger partial charge on any atom is 0.234 e. The molecule has 0 saturated carbocycles. The first-order chi connectivity index (χ1) is 14.1. The molecule has 2 amide bonds. The van der Waals surface area contributed by atoms with Crippen LogP contribution in [0, 0.1) is 0 Å². The number of methoxy groups -OCH3 is 1. The van der Waals surface area contributed by atoms with Crippen molar-refractivity contribution >= 4 is 29.3 Å². The summed E-state index contributed by atoms with van der Waals surface area (Å²) in [6.07, 6.45) is 0. The first kappa shape index (κ1) is 21.2. The highest BCUT2D eigenvalue weighted by atomic mass is 32.2. The van der Waals surface area contributed by atoms with Gasteiger partial charge < -0.3 is 15.0 Å². The minimum atomic E-state index is -0.111. The van der Waals surface area contributed by atoms with Crippen LogP contribution in [0.2, 0.25) is 0 Å². The fourth-order valence-corrected chi connectivity index (χ4v) is 3.91. The molecule has 7 heteroatoms. The summed E-state index contributed by atoms with van der Waals surface area (Å²) >= 11 is 1.35. The molecule has 0 radical (unpaired) electrons. The molecule has 1 aliphatic rings. The van der Waals surface area contributed by atoms with Gasteiger partial charge in [-0.3, -0.25) is 14.5 Å². The second-order valence-corrected chi connectivity index (χ2v) is 7.90. The lowest BCUT2D eigenvalue weighted by Crippen LogP contribution is -2.48. The Morgan fingerprint density at radius 1 is 0.966 bits per heavy atom. The van der Waals surface area contributed by atoms with Gasteiger partial charge in [-0.25, -0.2) is 0 Å². The number of amides is 2. The van der Waals surface area contributed by atoms with Crippen LogP contribution in [-0.4, -0.2) is 66.4 Å². The third-order valence-electron chi connectivity index (χ3n) is 4.81. The number of hydrogen-bond acceptors (Lipinski definition) is 5. The van der Waals surface area contributed by atoms with Crippen molar-refractivity contribution in [3.05, 3.63) is 60.2 Å². The summed E-state index contributed by atoms with van der Waals surface area (Å²) in [7, 11) is 1.60. The number of thioether (sulfide) groups is 1. The number of nitrogens with one attached hydrogen (secondary N) is 1. The maximum atomic E-state index is 12.4. The molecule has 0 aromatic heterocycles. The van der Waals surface area contributed by atoms with E-state index < -0.39 is 0 Å². The monoisotopic (exact) mass is 413 g/mol. The molecule has 0 bridgehead atoms. The van der Waals surface area contributed by atoms with E-state index in [4.69, 9.17) is 4.74 Å². The first-order valence-corrected chi connectivity index (χ1v) is 10.9. The topological polar surface area (TPSA) is 61.9 Å². The van der Waals surface area contributed by atoms with E-state index in [1.54, 1.807) is 31.4 Å². The highest BCUT2D eigenvalue weighted by Crippen LogP contribution is 2.16. The van der Waals surface area contributed by atoms with Crippen molar-refractivity contribution in [3.63, 3.8) is 0 Å². The molecule has 0 aliphatic carbocycles. The Kier molecular flexibility index (Phi) is 7.95. The number of rotatable bonds is 8. The fraction of sp³-hybridized carbons (Fsp3) is 0.364. The van der Waals surface area contributed by atoms with Gasteiger partial charge in [-0.05, 0) is 29.8 Å². The van der Waals surface area contributed by atoms with Crippen LogP contribution in [0.4, 0.5) is 5.69 Å². The summed E-state index contributed by atoms with van der Waals surface area (Å²) in [6.45, 7) is 4.16. The van der Waals surface area contributed by atoms with Gasteiger partial charge >= 0.3 is 0 Å². The highest BCUT2D eigenvalue weighted by Gasteiger charge is 2.21. The second-order valence-electron chi connectivity index (χ2n) is 6.91. The molecule has 0 spiro atoms. The second kappa shape index (κ2) is 10.9. The van der Waals surface area contributed by atoms with Crippen LogP contribution >= 0.6 is 11.8 Å². The fourth-order valence-electron chi connectivity index (χ4n) is 3.19. The van der Waals surface area contributed by atoms with Crippen LogP contribution in [0.15, 0.2) is 54.6 Å². The van der Waals surface area contributed by atoms with Gasteiger partial charge in [0.25, 0.3) is 0 Å². The zero-order chi connectivity index (χ0) is 20.5. The SMILES string of the molecule is COc1ccc(NC(=O)CSCC(=O)N2CCN(Cc3ccccc3)CC2)cc1. The summed E-state index contributed by atoms with van der Waals surface area (Å²) < 4.78 is 5.10. The summed E-state index contributed by atoms with van der Waals surface area (Å²) in [5.41, 5.74) is 2.02. The highest BCUT2D eigenvalue weighted by molar-refractivity contribution is 8.00. The van der Waals surface area contributed by atoms with Gasteiger partial charge in [0.15, 0.2) is 0 Å². The van der Waals surface area contributed by atoms with Crippen LogP contribution in [0.5, 0.6) is 5.75 Å². The van der Waals surface area contributed by atoms with Gasteiger partial charge in [0.2, 0.25) is 11.8 Å². The molecule has 6 nitrogen and oxygen atoms in total. The number of carbonyl (C=O) groups excluding carboxylic acids is 2. The van der Waals surface area contributed by atoms with Crippen LogP contribution in [-0.2, 0) is 16.1 Å². The lowest BCUT2D eigenvalue weighted by Gasteiger charge is -2.34. The Labute approximate surface area is 176 Å². The van der Waals surface area contributed by atoms with Crippen molar-refractivity contribution in [3.8, 4) is 5.75 Å². The van der Waals surface area contributed by atoms with Crippen molar-refractivity contribution in [2.75, 3.05) is 50.1 Å². The zero-order valence-electron chi connectivity index (χ0n) is 16.7. The van der Waals surface area contributed by atoms with Crippen LogP contribution in [0.3, 0.4) is 0 Å². The molecule has 1 aliphatic heterocycles.